The van der Waals surface area contributed by atoms with E-state index in [1.165, 1.54) is 6.21 Å². The summed E-state index contributed by atoms with van der Waals surface area (Å²) in [6, 6.07) is 0. The molecule has 0 amide bonds. The van der Waals surface area contributed by atoms with Crippen LogP contribution in [0.4, 0.5) is 0 Å². The highest BCUT2D eigenvalue weighted by Gasteiger charge is 2.43. The van der Waals surface area contributed by atoms with Gasteiger partial charge >= 0.3 is 0 Å². The zero-order valence-electron chi connectivity index (χ0n) is 7.75. The number of rotatable bonds is 4. The first kappa shape index (κ1) is 13.8. The molecule has 1 N–H and O–H groups in total. The number of nitrogens with zero attached hydrogens (tertiary/aromatic N) is 2. The van der Waals surface area contributed by atoms with E-state index >= 15 is 0 Å². The van der Waals surface area contributed by atoms with Gasteiger partial charge in [-0.25, -0.2) is 4.58 Å². The Morgan fingerprint density at radius 1 is 1.50 bits per heavy atom. The maximum absolute atomic E-state index is 10.7. The second-order valence-corrected chi connectivity index (χ2v) is 6.97. The molecule has 0 fully saturated rings. The van der Waals surface area contributed by atoms with Crippen molar-refractivity contribution in [2.24, 2.45) is 4.99 Å². The lowest BCUT2D eigenvalue weighted by Gasteiger charge is -2.59. The summed E-state index contributed by atoms with van der Waals surface area (Å²) in [6.45, 7) is -1.15. The van der Waals surface area contributed by atoms with Gasteiger partial charge < -0.3 is 34.1 Å². The third kappa shape index (κ3) is 2.53. The molecule has 0 saturated heterocycles. The van der Waals surface area contributed by atoms with Crippen LogP contribution in [0.5, 0.6) is 0 Å². The van der Waals surface area contributed by atoms with E-state index in [-0.39, 0.29) is 6.54 Å². The molecule has 0 aromatic heterocycles. The smallest absolute Gasteiger partial charge is 0.281 e. The normalized spacial score (nSPS) is 20.8. The zero-order chi connectivity index (χ0) is 12.6. The van der Waals surface area contributed by atoms with Crippen molar-refractivity contribution in [1.82, 2.24) is 0 Å². The number of hydrogen-bond donors (Lipinski definition) is 1. The average Bonchev–Trinajstić information content (AvgIpc) is 2.52. The zero-order valence-corrected chi connectivity index (χ0v) is 9.54. The molecular formula is C5H7N2O7P2-3. The second-order valence-electron chi connectivity index (χ2n) is 3.15. The van der Waals surface area contributed by atoms with Crippen molar-refractivity contribution in [1.29, 1.82) is 0 Å². The van der Waals surface area contributed by atoms with E-state index in [2.05, 4.69) is 4.99 Å². The van der Waals surface area contributed by atoms with Gasteiger partial charge in [0.1, 0.15) is 6.54 Å². The van der Waals surface area contributed by atoms with Crippen molar-refractivity contribution < 1.29 is 38.7 Å². The highest BCUT2D eigenvalue weighted by Crippen LogP contribution is 2.60. The van der Waals surface area contributed by atoms with Crippen LogP contribution in [0.1, 0.15) is 0 Å². The second kappa shape index (κ2) is 4.21. The average molecular weight is 269 g/mol. The Morgan fingerprint density at radius 2 is 2.06 bits per heavy atom. The first-order valence-electron chi connectivity index (χ1n) is 3.94. The largest absolute Gasteiger partial charge is 0.806 e. The minimum Gasteiger partial charge on any atom is -0.806 e. The Balaban J connectivity index is 3.02. The third-order valence-electron chi connectivity index (χ3n) is 1.94. The van der Waals surface area contributed by atoms with Crippen molar-refractivity contribution >= 4 is 28.1 Å². The van der Waals surface area contributed by atoms with Gasteiger partial charge in [-0.3, -0.25) is 0 Å². The van der Waals surface area contributed by atoms with Crippen LogP contribution in [0.25, 0.3) is 0 Å². The van der Waals surface area contributed by atoms with Crippen LogP contribution in [0.3, 0.4) is 0 Å². The first-order valence-corrected chi connectivity index (χ1v) is 7.02. The molecule has 1 aliphatic rings. The summed E-state index contributed by atoms with van der Waals surface area (Å²) in [6.07, 6.45) is 2.29. The van der Waals surface area contributed by atoms with E-state index in [1.807, 2.05) is 0 Å². The SMILES string of the molecule is O=P([O-])([O-])C(O)(C[N+]1=CN=CC1)[P+]([O-])([O-])[O-]. The molecule has 0 aliphatic carbocycles. The molecule has 0 aromatic carbocycles. The van der Waals surface area contributed by atoms with E-state index in [0.717, 1.165) is 10.9 Å². The number of aliphatic hydroxyl groups is 1. The molecule has 16 heavy (non-hydrogen) atoms. The molecule has 1 atom stereocenters. The van der Waals surface area contributed by atoms with Crippen molar-refractivity contribution in [3.63, 3.8) is 0 Å². The molecule has 0 saturated carbocycles. The van der Waals surface area contributed by atoms with Crippen LogP contribution in [0, 0.1) is 0 Å². The number of hydrogen-bond acceptors (Lipinski definition) is 8. The maximum atomic E-state index is 10.7. The van der Waals surface area contributed by atoms with Crippen LogP contribution >= 0.6 is 15.5 Å². The lowest BCUT2D eigenvalue weighted by Crippen LogP contribution is -2.57. The topological polar surface area (TPSA) is 168 Å². The Hall–Kier alpha value is -0.240. The summed E-state index contributed by atoms with van der Waals surface area (Å²) in [4.78, 5) is 56.8. The summed E-state index contributed by atoms with van der Waals surface area (Å²) >= 11 is 0. The predicted octanol–water partition coefficient (Wildman–Crippen LogP) is -5.49. The van der Waals surface area contributed by atoms with Gasteiger partial charge in [0.05, 0.1) is 0 Å². The fourth-order valence-corrected chi connectivity index (χ4v) is 2.95. The fraction of sp³-hybridized carbons (Fsp3) is 0.600. The van der Waals surface area contributed by atoms with Crippen LogP contribution in [0.2, 0.25) is 0 Å². The van der Waals surface area contributed by atoms with Gasteiger partial charge in [0.15, 0.2) is 12.8 Å². The third-order valence-corrected chi connectivity index (χ3v) is 5.45. The Bertz CT molecular complexity index is 383. The number of β-amino-alcohol motifs (C(OH)–C–C–N with tert-alkyl or cyclic N) is 1. The van der Waals surface area contributed by atoms with E-state index in [9.17, 15) is 34.1 Å². The van der Waals surface area contributed by atoms with Crippen LogP contribution in [0.15, 0.2) is 4.99 Å². The monoisotopic (exact) mass is 269 g/mol. The van der Waals surface area contributed by atoms with Crippen molar-refractivity contribution in [3.05, 3.63) is 0 Å². The van der Waals surface area contributed by atoms with Crippen LogP contribution < -0.4 is 24.5 Å². The fourth-order valence-electron chi connectivity index (χ4n) is 1.04. The van der Waals surface area contributed by atoms with Gasteiger partial charge in [0.2, 0.25) is 5.08 Å². The van der Waals surface area contributed by atoms with Gasteiger partial charge in [-0.05, 0) is 0 Å². The molecule has 0 bridgehead atoms. The van der Waals surface area contributed by atoms with Gasteiger partial charge in [-0.1, -0.05) is 4.99 Å². The Kier molecular flexibility index (Phi) is 3.64. The molecule has 0 radical (unpaired) electrons. The van der Waals surface area contributed by atoms with Crippen molar-refractivity contribution in [3.8, 4) is 0 Å². The van der Waals surface area contributed by atoms with E-state index < -0.39 is 27.2 Å². The van der Waals surface area contributed by atoms with E-state index in [4.69, 9.17) is 0 Å². The molecule has 92 valence electrons. The van der Waals surface area contributed by atoms with Gasteiger partial charge in [-0.15, -0.1) is 7.94 Å². The van der Waals surface area contributed by atoms with Gasteiger partial charge in [0, 0.05) is 7.60 Å². The van der Waals surface area contributed by atoms with Crippen LogP contribution in [-0.4, -0.2) is 40.4 Å². The Morgan fingerprint density at radius 3 is 2.38 bits per heavy atom. The highest BCUT2D eigenvalue weighted by atomic mass is 31.3. The van der Waals surface area contributed by atoms with E-state index in [0.29, 0.717) is 0 Å². The number of aliphatic imine (C=N–C) groups is 1. The molecule has 1 aliphatic heterocycles. The standard InChI is InChI=1S/C5H10N2O7P2/c8-5(15(9,10)11,16(12,13)14)3-7-2-1-6-4-7/h1,4,8H,2-3H2,(H3-,9,10,11,12,13,14)/p-3. The summed E-state index contributed by atoms with van der Waals surface area (Å²) in [5.41, 5.74) is 0. The molecule has 0 spiro atoms. The van der Waals surface area contributed by atoms with Crippen molar-refractivity contribution in [2.75, 3.05) is 13.1 Å². The lowest BCUT2D eigenvalue weighted by atomic mass is 10.6. The minimum absolute atomic E-state index is 0.00229. The molecule has 0 aromatic rings. The predicted molar refractivity (Wildman–Crippen MR) is 44.0 cm³/mol. The molecule has 1 heterocycles. The van der Waals surface area contributed by atoms with Crippen LogP contribution in [-0.2, 0) is 4.57 Å². The summed E-state index contributed by atoms with van der Waals surface area (Å²) in [7, 11) is -12.0. The first-order chi connectivity index (χ1) is 7.08. The molecule has 1 unspecified atom stereocenters. The van der Waals surface area contributed by atoms with Gasteiger partial charge in [0.25, 0.3) is 6.34 Å². The summed E-state index contributed by atoms with van der Waals surface area (Å²) in [5.74, 6) is 0. The minimum atomic E-state index is -6.01. The highest BCUT2D eigenvalue weighted by molar-refractivity contribution is 7.72. The lowest BCUT2D eigenvalue weighted by molar-refractivity contribution is -0.528. The molecule has 1 rings (SSSR count). The Labute approximate surface area is 90.8 Å². The summed E-state index contributed by atoms with van der Waals surface area (Å²) < 4.78 is 11.6. The van der Waals surface area contributed by atoms with Gasteiger partial charge in [-0.2, -0.15) is 0 Å². The van der Waals surface area contributed by atoms with Crippen molar-refractivity contribution in [2.45, 2.75) is 5.08 Å². The quantitative estimate of drug-likeness (QED) is 0.392. The molecule has 11 heteroatoms. The molecular weight excluding hydrogens is 262 g/mol. The van der Waals surface area contributed by atoms with E-state index in [1.54, 1.807) is 0 Å². The summed E-state index contributed by atoms with van der Waals surface area (Å²) in [5, 5.41) is 5.39. The maximum Gasteiger partial charge on any atom is 0.281 e. The molecule has 9 nitrogen and oxygen atoms in total.